The molecule has 0 N–H and O–H groups in total. The molecule has 2 atom stereocenters. The fourth-order valence-corrected chi connectivity index (χ4v) is 4.14. The van der Waals surface area contributed by atoms with Gasteiger partial charge in [-0.15, -0.1) is 0 Å². The van der Waals surface area contributed by atoms with Crippen LogP contribution in [-0.4, -0.2) is 42.2 Å². The van der Waals surface area contributed by atoms with Crippen LogP contribution in [0.1, 0.15) is 44.5 Å². The molecular formula is C24H25Br2N3O5. The summed E-state index contributed by atoms with van der Waals surface area (Å²) in [4.78, 5) is 29.8. The molecule has 0 aliphatic rings. The summed E-state index contributed by atoms with van der Waals surface area (Å²) in [5.41, 5.74) is 1.02. The molecule has 0 radical (unpaired) electrons. The quantitative estimate of drug-likeness (QED) is 0.261. The molecule has 180 valence electrons. The first-order valence-electron chi connectivity index (χ1n) is 10.6. The minimum atomic E-state index is -0.825. The molecule has 0 aliphatic carbocycles. The van der Waals surface area contributed by atoms with Crippen LogP contribution in [0.25, 0.3) is 10.9 Å². The van der Waals surface area contributed by atoms with Gasteiger partial charge in [-0.2, -0.15) is 9.78 Å². The number of nitrogens with zero attached hydrogens (tertiary/aromatic N) is 3. The van der Waals surface area contributed by atoms with Gasteiger partial charge in [-0.3, -0.25) is 4.79 Å². The van der Waals surface area contributed by atoms with Gasteiger partial charge in [0.1, 0.15) is 5.82 Å². The van der Waals surface area contributed by atoms with Gasteiger partial charge >= 0.3 is 5.97 Å². The van der Waals surface area contributed by atoms with Gasteiger partial charge in [0.05, 0.1) is 35.8 Å². The van der Waals surface area contributed by atoms with E-state index in [1.807, 2.05) is 26.0 Å². The Morgan fingerprint density at radius 3 is 2.59 bits per heavy atom. The Morgan fingerprint density at radius 1 is 1.21 bits per heavy atom. The van der Waals surface area contributed by atoms with Gasteiger partial charge in [0.15, 0.2) is 17.6 Å². The number of fused-ring (bicyclic) bond motifs is 1. The summed E-state index contributed by atoms with van der Waals surface area (Å²) in [5, 5.41) is 4.95. The zero-order valence-electron chi connectivity index (χ0n) is 19.5. The van der Waals surface area contributed by atoms with Crippen molar-refractivity contribution in [2.45, 2.75) is 39.2 Å². The Morgan fingerprint density at radius 2 is 1.94 bits per heavy atom. The van der Waals surface area contributed by atoms with E-state index in [1.165, 1.54) is 18.9 Å². The summed E-state index contributed by atoms with van der Waals surface area (Å²) >= 11 is 6.88. The average Bonchev–Trinajstić information content (AvgIpc) is 2.83. The highest BCUT2D eigenvalue weighted by molar-refractivity contribution is 9.10. The molecule has 0 saturated carbocycles. The van der Waals surface area contributed by atoms with Crippen LogP contribution in [0.3, 0.4) is 0 Å². The molecule has 2 aromatic carbocycles. The van der Waals surface area contributed by atoms with Gasteiger partial charge in [-0.05, 0) is 65.2 Å². The second kappa shape index (κ2) is 11.1. The lowest BCUT2D eigenvalue weighted by molar-refractivity contribution is -0.147. The molecule has 0 spiro atoms. The van der Waals surface area contributed by atoms with E-state index in [2.05, 4.69) is 37.0 Å². The molecule has 0 amide bonds. The smallest absolute Gasteiger partial charge is 0.346 e. The lowest BCUT2D eigenvalue weighted by atomic mass is 10.1. The maximum absolute atomic E-state index is 13.3. The van der Waals surface area contributed by atoms with E-state index < -0.39 is 12.1 Å². The summed E-state index contributed by atoms with van der Waals surface area (Å²) in [6.45, 7) is 5.63. The van der Waals surface area contributed by atoms with Crippen molar-refractivity contribution in [3.8, 4) is 11.5 Å². The van der Waals surface area contributed by atoms with Gasteiger partial charge in [-0.1, -0.05) is 29.8 Å². The lowest BCUT2D eigenvalue weighted by Gasteiger charge is -2.17. The zero-order chi connectivity index (χ0) is 25.0. The number of aromatic nitrogens is 2. The van der Waals surface area contributed by atoms with E-state index in [-0.39, 0.29) is 11.5 Å². The highest BCUT2D eigenvalue weighted by Gasteiger charge is 2.20. The molecule has 34 heavy (non-hydrogen) atoms. The third-order valence-corrected chi connectivity index (χ3v) is 6.37. The van der Waals surface area contributed by atoms with Crippen LogP contribution in [0, 0.1) is 0 Å². The first-order valence-corrected chi connectivity index (χ1v) is 12.2. The Bertz CT molecular complexity index is 1310. The zero-order valence-corrected chi connectivity index (χ0v) is 22.6. The van der Waals surface area contributed by atoms with E-state index in [4.69, 9.17) is 19.2 Å². The number of methoxy groups -OCH3 is 2. The minimum Gasteiger partial charge on any atom is -0.493 e. The maximum Gasteiger partial charge on any atom is 0.346 e. The van der Waals surface area contributed by atoms with E-state index >= 15 is 0 Å². The predicted molar refractivity (Wildman–Crippen MR) is 138 cm³/mol. The summed E-state index contributed by atoms with van der Waals surface area (Å²) in [7, 11) is 2.79. The number of benzene rings is 2. The largest absolute Gasteiger partial charge is 0.493 e. The van der Waals surface area contributed by atoms with Crippen LogP contribution in [0.5, 0.6) is 11.5 Å². The number of carbonyl (C=O) groups excluding carboxylic acids is 1. The minimum absolute atomic E-state index is 0.0229. The molecule has 0 bridgehead atoms. The first-order chi connectivity index (χ1) is 16.2. The van der Waals surface area contributed by atoms with E-state index in [1.54, 1.807) is 31.3 Å². The lowest BCUT2D eigenvalue weighted by Crippen LogP contribution is -2.25. The van der Waals surface area contributed by atoms with Crippen molar-refractivity contribution < 1.29 is 19.0 Å². The second-order valence-electron chi connectivity index (χ2n) is 7.62. The van der Waals surface area contributed by atoms with Crippen molar-refractivity contribution in [3.05, 3.63) is 61.0 Å². The Kier molecular flexibility index (Phi) is 8.48. The normalized spacial score (nSPS) is 13.1. The monoisotopic (exact) mass is 593 g/mol. The fourth-order valence-electron chi connectivity index (χ4n) is 3.22. The van der Waals surface area contributed by atoms with Gasteiger partial charge in [0.2, 0.25) is 0 Å². The molecule has 8 nitrogen and oxygen atoms in total. The van der Waals surface area contributed by atoms with Crippen LogP contribution >= 0.6 is 31.9 Å². The molecule has 10 heteroatoms. The van der Waals surface area contributed by atoms with Crippen LogP contribution in [0.2, 0.25) is 0 Å². The van der Waals surface area contributed by atoms with Gasteiger partial charge in [-0.25, -0.2) is 9.78 Å². The predicted octanol–water partition coefficient (Wildman–Crippen LogP) is 5.27. The molecule has 3 aromatic rings. The van der Waals surface area contributed by atoms with Crippen molar-refractivity contribution >= 4 is 54.9 Å². The van der Waals surface area contributed by atoms with Crippen LogP contribution in [-0.2, 0) is 9.53 Å². The summed E-state index contributed by atoms with van der Waals surface area (Å²) in [5.74, 6) is 0.840. The van der Waals surface area contributed by atoms with Gasteiger partial charge < -0.3 is 14.2 Å². The highest BCUT2D eigenvalue weighted by atomic mass is 79.9. The van der Waals surface area contributed by atoms with Crippen molar-refractivity contribution in [3.63, 3.8) is 0 Å². The maximum atomic E-state index is 13.3. The third-order valence-electron chi connectivity index (χ3n) is 5.29. The van der Waals surface area contributed by atoms with Crippen LogP contribution in [0.4, 0.5) is 0 Å². The highest BCUT2D eigenvalue weighted by Crippen LogP contribution is 2.37. The Balaban J connectivity index is 2.07. The standard InChI is InChI=1S/C24H25Br2N3O5/c1-6-13(2)22-28-19-8-7-16(25)11-17(19)23(30)29(22)27-12-15-9-18(26)21(20(10-15)32-4)34-14(3)24(31)33-5/h7-14H,6H2,1-5H3/t13-,14+/m0/s1. The number of hydrogen-bond donors (Lipinski definition) is 0. The van der Waals surface area contributed by atoms with Crippen molar-refractivity contribution in [1.29, 1.82) is 0 Å². The number of rotatable bonds is 8. The van der Waals surface area contributed by atoms with Crippen LogP contribution in [0.15, 0.2) is 49.2 Å². The second-order valence-corrected chi connectivity index (χ2v) is 9.39. The number of halogens is 2. The molecule has 0 aliphatic heterocycles. The average molecular weight is 595 g/mol. The van der Waals surface area contributed by atoms with Gasteiger partial charge in [0, 0.05) is 10.4 Å². The van der Waals surface area contributed by atoms with E-state index in [9.17, 15) is 9.59 Å². The van der Waals surface area contributed by atoms with E-state index in [0.29, 0.717) is 38.3 Å². The molecule has 3 rings (SSSR count). The van der Waals surface area contributed by atoms with Crippen molar-refractivity contribution in [1.82, 2.24) is 9.66 Å². The topological polar surface area (TPSA) is 92.0 Å². The van der Waals surface area contributed by atoms with Crippen molar-refractivity contribution in [2.75, 3.05) is 14.2 Å². The number of ether oxygens (including phenoxy) is 3. The number of hydrogen-bond acceptors (Lipinski definition) is 7. The van der Waals surface area contributed by atoms with Crippen LogP contribution < -0.4 is 15.0 Å². The first kappa shape index (κ1) is 25.9. The summed E-state index contributed by atoms with van der Waals surface area (Å²) < 4.78 is 18.6. The summed E-state index contributed by atoms with van der Waals surface area (Å²) in [6, 6.07) is 8.87. The SMILES string of the molecule is CC[C@H](C)c1nc2ccc(Br)cc2c(=O)n1N=Cc1cc(Br)c(O[C@H](C)C(=O)OC)c(OC)c1. The third kappa shape index (κ3) is 5.50. The number of carbonyl (C=O) groups is 1. The number of esters is 1. The molecule has 0 fully saturated rings. The Hall–Kier alpha value is -2.72. The molecule has 1 heterocycles. The molecular weight excluding hydrogens is 570 g/mol. The molecule has 0 unspecified atom stereocenters. The van der Waals surface area contributed by atoms with Gasteiger partial charge in [0.25, 0.3) is 5.56 Å². The molecule has 1 aromatic heterocycles. The van der Waals surface area contributed by atoms with E-state index in [0.717, 1.165) is 10.9 Å². The molecule has 0 saturated heterocycles. The Labute approximate surface area is 214 Å². The fraction of sp³-hybridized carbons (Fsp3) is 0.333. The summed E-state index contributed by atoms with van der Waals surface area (Å²) in [6.07, 6.45) is 1.53. The van der Waals surface area contributed by atoms with Crippen molar-refractivity contribution in [2.24, 2.45) is 5.10 Å².